The van der Waals surface area contributed by atoms with E-state index in [-0.39, 0.29) is 13.0 Å². The molecule has 4 aromatic rings. The van der Waals surface area contributed by atoms with Gasteiger partial charge in [-0.3, -0.25) is 0 Å². The molecule has 0 aliphatic rings. The topological polar surface area (TPSA) is 69.9 Å². The summed E-state index contributed by atoms with van der Waals surface area (Å²) in [5, 5.41) is 2.84. The molecule has 4 nitrogen and oxygen atoms in total. The van der Waals surface area contributed by atoms with E-state index >= 15 is 0 Å². The number of nitrogens with two attached hydrogens (primary N) is 2. The van der Waals surface area contributed by atoms with Crippen molar-refractivity contribution in [3.63, 3.8) is 0 Å². The zero-order chi connectivity index (χ0) is 18.3. The zero-order valence-electron chi connectivity index (χ0n) is 14.0. The molecule has 6 heteroatoms. The number of nitrogens with zero attached hydrogens (tertiary/aromatic N) is 2. The van der Waals surface area contributed by atoms with E-state index in [9.17, 15) is 8.78 Å². The number of halogens is 2. The number of rotatable bonds is 4. The molecule has 4 rings (SSSR count). The average Bonchev–Trinajstić information content (AvgIpc) is 2.98. The van der Waals surface area contributed by atoms with Crippen molar-refractivity contribution in [1.29, 1.82) is 0 Å². The van der Waals surface area contributed by atoms with Crippen molar-refractivity contribution in [2.75, 3.05) is 11.5 Å². The molecule has 0 atom stereocenters. The van der Waals surface area contributed by atoms with Crippen LogP contribution in [-0.4, -0.2) is 16.0 Å². The smallest absolute Gasteiger partial charge is 0.240 e. The van der Waals surface area contributed by atoms with Crippen LogP contribution in [0, 0.1) is 0 Å². The standard InChI is InChI=1S/C20H18F2N4/c21-19(22)6-8-26-11-17(15-4-3-14(23)10-18(15)26)13-2-1-12-5-7-25-20(24)16(12)9-13/h1-5,7,9-11,19H,6,8,23H2,(H2,24,25). The van der Waals surface area contributed by atoms with Crippen LogP contribution in [0.5, 0.6) is 0 Å². The van der Waals surface area contributed by atoms with Crippen molar-refractivity contribution in [3.8, 4) is 11.1 Å². The first-order chi connectivity index (χ1) is 12.5. The minimum Gasteiger partial charge on any atom is -0.399 e. The Kier molecular flexibility index (Phi) is 3.95. The molecule has 132 valence electrons. The Balaban J connectivity index is 1.89. The molecule has 26 heavy (non-hydrogen) atoms. The third-order valence-corrected chi connectivity index (χ3v) is 4.60. The van der Waals surface area contributed by atoms with Gasteiger partial charge in [-0.25, -0.2) is 13.8 Å². The molecule has 2 aromatic carbocycles. The number of anilines is 2. The van der Waals surface area contributed by atoms with Crippen LogP contribution in [0.25, 0.3) is 32.8 Å². The molecule has 0 bridgehead atoms. The van der Waals surface area contributed by atoms with E-state index in [0.717, 1.165) is 32.8 Å². The lowest BCUT2D eigenvalue weighted by molar-refractivity contribution is 0.132. The number of hydrogen-bond acceptors (Lipinski definition) is 3. The minimum absolute atomic E-state index is 0.202. The van der Waals surface area contributed by atoms with Crippen LogP contribution >= 0.6 is 0 Å². The number of fused-ring (bicyclic) bond motifs is 2. The van der Waals surface area contributed by atoms with Crippen molar-refractivity contribution in [2.45, 2.75) is 19.4 Å². The number of nitrogen functional groups attached to an aromatic ring is 2. The molecule has 0 saturated carbocycles. The Labute approximate surface area is 149 Å². The van der Waals surface area contributed by atoms with Crippen LogP contribution in [0.2, 0.25) is 0 Å². The summed E-state index contributed by atoms with van der Waals surface area (Å²) in [6.45, 7) is 0.231. The summed E-state index contributed by atoms with van der Waals surface area (Å²) in [7, 11) is 0. The number of benzene rings is 2. The predicted molar refractivity (Wildman–Crippen MR) is 102 cm³/mol. The quantitative estimate of drug-likeness (QED) is 0.524. The number of hydrogen-bond donors (Lipinski definition) is 2. The van der Waals surface area contributed by atoms with Gasteiger partial charge < -0.3 is 16.0 Å². The molecule has 0 fully saturated rings. The first-order valence-corrected chi connectivity index (χ1v) is 8.34. The van der Waals surface area contributed by atoms with Gasteiger partial charge in [0, 0.05) is 47.4 Å². The van der Waals surface area contributed by atoms with E-state index in [4.69, 9.17) is 11.5 Å². The van der Waals surface area contributed by atoms with Crippen LogP contribution in [0.15, 0.2) is 54.9 Å². The van der Waals surface area contributed by atoms with E-state index in [2.05, 4.69) is 4.98 Å². The van der Waals surface area contributed by atoms with Crippen LogP contribution in [0.3, 0.4) is 0 Å². The molecule has 0 saturated heterocycles. The highest BCUT2D eigenvalue weighted by atomic mass is 19.3. The second-order valence-corrected chi connectivity index (χ2v) is 6.32. The van der Waals surface area contributed by atoms with Crippen molar-refractivity contribution in [2.24, 2.45) is 0 Å². The number of pyridine rings is 1. The Hall–Kier alpha value is -3.15. The molecule has 0 aliphatic heterocycles. The van der Waals surface area contributed by atoms with Crippen molar-refractivity contribution >= 4 is 33.2 Å². The second kappa shape index (κ2) is 6.29. The molecule has 4 N–H and O–H groups in total. The Morgan fingerprint density at radius 3 is 2.65 bits per heavy atom. The van der Waals surface area contributed by atoms with Gasteiger partial charge in [0.1, 0.15) is 5.82 Å². The van der Waals surface area contributed by atoms with Crippen molar-refractivity contribution < 1.29 is 8.78 Å². The molecule has 2 aromatic heterocycles. The molecule has 0 spiro atoms. The van der Waals surface area contributed by atoms with Crippen LogP contribution < -0.4 is 11.5 Å². The number of alkyl halides is 2. The lowest BCUT2D eigenvalue weighted by atomic mass is 10.0. The third-order valence-electron chi connectivity index (χ3n) is 4.60. The summed E-state index contributed by atoms with van der Waals surface area (Å²) in [6.07, 6.45) is 1.03. The van der Waals surface area contributed by atoms with Gasteiger partial charge in [-0.1, -0.05) is 18.2 Å². The highest BCUT2D eigenvalue weighted by molar-refractivity contribution is 6.01. The van der Waals surface area contributed by atoms with Crippen molar-refractivity contribution in [3.05, 3.63) is 54.9 Å². The van der Waals surface area contributed by atoms with Crippen LogP contribution in [-0.2, 0) is 6.54 Å². The Morgan fingerprint density at radius 1 is 1.00 bits per heavy atom. The van der Waals surface area contributed by atoms with Gasteiger partial charge in [-0.15, -0.1) is 0 Å². The van der Waals surface area contributed by atoms with E-state index in [1.165, 1.54) is 0 Å². The first-order valence-electron chi connectivity index (χ1n) is 8.34. The van der Waals surface area contributed by atoms with E-state index in [0.29, 0.717) is 11.5 Å². The Bertz CT molecular complexity index is 1100. The maximum absolute atomic E-state index is 12.7. The summed E-state index contributed by atoms with van der Waals surface area (Å²) in [4.78, 5) is 4.14. The third kappa shape index (κ3) is 2.83. The molecule has 2 heterocycles. The monoisotopic (exact) mass is 352 g/mol. The molecule has 0 amide bonds. The lowest BCUT2D eigenvalue weighted by Crippen LogP contribution is -2.01. The Morgan fingerprint density at radius 2 is 1.85 bits per heavy atom. The maximum Gasteiger partial charge on any atom is 0.240 e. The average molecular weight is 352 g/mol. The normalized spacial score (nSPS) is 11.7. The number of aromatic nitrogens is 2. The van der Waals surface area contributed by atoms with Gasteiger partial charge >= 0.3 is 0 Å². The molecule has 0 radical (unpaired) electrons. The zero-order valence-corrected chi connectivity index (χ0v) is 14.0. The summed E-state index contributed by atoms with van der Waals surface area (Å²) in [5.41, 5.74) is 15.3. The van der Waals surface area contributed by atoms with Gasteiger partial charge in [0.25, 0.3) is 0 Å². The second-order valence-electron chi connectivity index (χ2n) is 6.32. The van der Waals surface area contributed by atoms with E-state index in [1.54, 1.807) is 6.20 Å². The number of aryl methyl sites for hydroxylation is 1. The molecular weight excluding hydrogens is 334 g/mol. The fourth-order valence-corrected chi connectivity index (χ4v) is 3.32. The predicted octanol–water partition coefficient (Wildman–Crippen LogP) is 4.68. The molecule has 0 aliphatic carbocycles. The minimum atomic E-state index is -2.34. The summed E-state index contributed by atoms with van der Waals surface area (Å²) in [6, 6.07) is 13.5. The van der Waals surface area contributed by atoms with Gasteiger partial charge in [0.15, 0.2) is 0 Å². The van der Waals surface area contributed by atoms with Gasteiger partial charge in [0.2, 0.25) is 6.43 Å². The highest BCUT2D eigenvalue weighted by Gasteiger charge is 2.13. The van der Waals surface area contributed by atoms with E-state index in [1.807, 2.05) is 53.2 Å². The fraction of sp³-hybridized carbons (Fsp3) is 0.150. The molecule has 0 unspecified atom stereocenters. The lowest BCUT2D eigenvalue weighted by Gasteiger charge is -2.05. The van der Waals surface area contributed by atoms with Gasteiger partial charge in [-0.05, 0) is 35.2 Å². The molecular formula is C20H18F2N4. The van der Waals surface area contributed by atoms with Crippen molar-refractivity contribution in [1.82, 2.24) is 9.55 Å². The largest absolute Gasteiger partial charge is 0.399 e. The van der Waals surface area contributed by atoms with E-state index < -0.39 is 6.43 Å². The van der Waals surface area contributed by atoms with Crippen LogP contribution in [0.1, 0.15) is 6.42 Å². The van der Waals surface area contributed by atoms with Crippen LogP contribution in [0.4, 0.5) is 20.3 Å². The SMILES string of the molecule is Nc1ccc2c(-c3ccc4ccnc(N)c4c3)cn(CCC(F)F)c2c1. The van der Waals surface area contributed by atoms with Gasteiger partial charge in [0.05, 0.1) is 5.52 Å². The first kappa shape index (κ1) is 16.3. The summed E-state index contributed by atoms with van der Waals surface area (Å²) >= 11 is 0. The summed E-state index contributed by atoms with van der Waals surface area (Å²) in [5.74, 6) is 0.468. The summed E-state index contributed by atoms with van der Waals surface area (Å²) < 4.78 is 27.2. The van der Waals surface area contributed by atoms with Gasteiger partial charge in [-0.2, -0.15) is 0 Å². The fourth-order valence-electron chi connectivity index (χ4n) is 3.32. The highest BCUT2D eigenvalue weighted by Crippen LogP contribution is 2.34. The maximum atomic E-state index is 12.7.